The van der Waals surface area contributed by atoms with Crippen LogP contribution in [0.4, 0.5) is 5.82 Å². The zero-order valence-corrected chi connectivity index (χ0v) is 16.8. The lowest BCUT2D eigenvalue weighted by Crippen LogP contribution is -2.21. The molecular weight excluding hydrogens is 384 g/mol. The first-order valence-corrected chi connectivity index (χ1v) is 9.16. The molecule has 1 aromatic heterocycles. The molecule has 0 bridgehead atoms. The van der Waals surface area contributed by atoms with Gasteiger partial charge < -0.3 is 19.5 Å². The number of nitrogens with one attached hydrogen (secondary N) is 1. The molecular formula is C20H23ClN2O5. The Bertz CT molecular complexity index is 809. The number of hydrogen-bond acceptors (Lipinski definition) is 6. The maximum absolute atomic E-state index is 12.2. The number of halogens is 1. The molecule has 0 unspecified atom stereocenters. The third-order valence-corrected chi connectivity index (χ3v) is 3.90. The minimum Gasteiger partial charge on any atom is -0.493 e. The van der Waals surface area contributed by atoms with Gasteiger partial charge in [0.05, 0.1) is 24.3 Å². The average molecular weight is 407 g/mol. The predicted molar refractivity (Wildman–Crippen MR) is 106 cm³/mol. The van der Waals surface area contributed by atoms with Crippen LogP contribution in [0.3, 0.4) is 0 Å². The maximum atomic E-state index is 12.2. The van der Waals surface area contributed by atoms with E-state index in [-0.39, 0.29) is 5.56 Å². The van der Waals surface area contributed by atoms with Crippen molar-refractivity contribution in [1.82, 2.24) is 4.98 Å². The van der Waals surface area contributed by atoms with Crippen LogP contribution in [-0.2, 0) is 9.53 Å². The summed E-state index contributed by atoms with van der Waals surface area (Å²) in [6, 6.07) is 7.87. The summed E-state index contributed by atoms with van der Waals surface area (Å²) in [4.78, 5) is 28.0. The molecule has 1 heterocycles. The van der Waals surface area contributed by atoms with E-state index in [4.69, 9.17) is 25.8 Å². The summed E-state index contributed by atoms with van der Waals surface area (Å²) in [6.07, 6.45) is 2.31. The number of anilines is 1. The van der Waals surface area contributed by atoms with Crippen LogP contribution in [0.2, 0.25) is 5.02 Å². The smallest absolute Gasteiger partial charge is 0.338 e. The molecule has 0 aliphatic carbocycles. The van der Waals surface area contributed by atoms with Crippen molar-refractivity contribution in [1.29, 1.82) is 0 Å². The molecule has 0 aliphatic rings. The van der Waals surface area contributed by atoms with E-state index >= 15 is 0 Å². The molecule has 0 saturated heterocycles. The number of carbonyl (C=O) groups is 2. The molecule has 1 aromatic carbocycles. The van der Waals surface area contributed by atoms with Crippen LogP contribution in [0.15, 0.2) is 36.5 Å². The van der Waals surface area contributed by atoms with Crippen LogP contribution in [0.1, 0.15) is 30.6 Å². The van der Waals surface area contributed by atoms with Crippen molar-refractivity contribution in [3.8, 4) is 11.5 Å². The zero-order chi connectivity index (χ0) is 20.5. The van der Waals surface area contributed by atoms with Crippen LogP contribution in [0, 0.1) is 5.92 Å². The fraction of sp³-hybridized carbons (Fsp3) is 0.350. The van der Waals surface area contributed by atoms with Gasteiger partial charge in [0.15, 0.2) is 18.1 Å². The number of hydrogen-bond donors (Lipinski definition) is 1. The molecule has 0 saturated carbocycles. The zero-order valence-electron chi connectivity index (χ0n) is 16.0. The summed E-state index contributed by atoms with van der Waals surface area (Å²) in [6.45, 7) is 4.33. The van der Waals surface area contributed by atoms with Gasteiger partial charge in [0.1, 0.15) is 5.82 Å². The van der Waals surface area contributed by atoms with Crippen molar-refractivity contribution < 1.29 is 23.8 Å². The van der Waals surface area contributed by atoms with Crippen molar-refractivity contribution in [2.45, 2.75) is 20.3 Å². The minimum atomic E-state index is -0.647. The van der Waals surface area contributed by atoms with Crippen molar-refractivity contribution in [2.24, 2.45) is 5.92 Å². The molecule has 2 rings (SSSR count). The van der Waals surface area contributed by atoms with Gasteiger partial charge in [0.2, 0.25) is 0 Å². The van der Waals surface area contributed by atoms with Crippen LogP contribution < -0.4 is 14.8 Å². The second kappa shape index (κ2) is 10.5. The van der Waals surface area contributed by atoms with E-state index in [2.05, 4.69) is 24.1 Å². The molecule has 0 aliphatic heterocycles. The quantitative estimate of drug-likeness (QED) is 0.634. The Morgan fingerprint density at radius 1 is 1.18 bits per heavy atom. The highest BCUT2D eigenvalue weighted by atomic mass is 35.5. The fourth-order valence-electron chi connectivity index (χ4n) is 2.16. The number of benzene rings is 1. The number of nitrogens with zero attached hydrogens (tertiary/aromatic N) is 1. The first kappa shape index (κ1) is 21.5. The Hall–Kier alpha value is -2.80. The lowest BCUT2D eigenvalue weighted by Gasteiger charge is -2.13. The molecule has 0 spiro atoms. The molecule has 0 radical (unpaired) electrons. The molecule has 0 fully saturated rings. The Morgan fingerprint density at radius 2 is 1.96 bits per heavy atom. The van der Waals surface area contributed by atoms with Gasteiger partial charge in [-0.05, 0) is 42.7 Å². The van der Waals surface area contributed by atoms with E-state index in [1.165, 1.54) is 19.4 Å². The molecule has 8 heteroatoms. The number of aromatic nitrogens is 1. The standard InChI is InChI=1S/C20H23ClN2O5/c1-13(2)8-9-27-16-6-4-14(10-17(16)26-3)20(25)28-12-19(24)23-18-7-5-15(21)11-22-18/h4-7,10-11,13H,8-9,12H2,1-3H3,(H,22,23,24). The lowest BCUT2D eigenvalue weighted by molar-refractivity contribution is -0.119. The van der Waals surface area contributed by atoms with Crippen molar-refractivity contribution >= 4 is 29.3 Å². The van der Waals surface area contributed by atoms with Crippen molar-refractivity contribution in [3.05, 3.63) is 47.1 Å². The summed E-state index contributed by atoms with van der Waals surface area (Å²) in [5, 5.41) is 2.96. The molecule has 0 atom stereocenters. The van der Waals surface area contributed by atoms with E-state index in [9.17, 15) is 9.59 Å². The van der Waals surface area contributed by atoms with E-state index in [0.717, 1.165) is 6.42 Å². The van der Waals surface area contributed by atoms with E-state index < -0.39 is 18.5 Å². The monoisotopic (exact) mass is 406 g/mol. The summed E-state index contributed by atoms with van der Waals surface area (Å²) >= 11 is 5.73. The third-order valence-electron chi connectivity index (χ3n) is 3.68. The summed E-state index contributed by atoms with van der Waals surface area (Å²) in [7, 11) is 1.49. The second-order valence-electron chi connectivity index (χ2n) is 6.38. The SMILES string of the molecule is COc1cc(C(=O)OCC(=O)Nc2ccc(Cl)cn2)ccc1OCCC(C)C. The first-order valence-electron chi connectivity index (χ1n) is 8.78. The van der Waals surface area contributed by atoms with Gasteiger partial charge >= 0.3 is 5.97 Å². The fourth-order valence-corrected chi connectivity index (χ4v) is 2.27. The Balaban J connectivity index is 1.90. The lowest BCUT2D eigenvalue weighted by atomic mass is 10.1. The predicted octanol–water partition coefficient (Wildman–Crippen LogP) is 3.96. The van der Waals surface area contributed by atoms with Gasteiger partial charge in [-0.2, -0.15) is 0 Å². The molecule has 1 N–H and O–H groups in total. The van der Waals surface area contributed by atoms with Gasteiger partial charge in [-0.3, -0.25) is 4.79 Å². The molecule has 2 aromatic rings. The van der Waals surface area contributed by atoms with Crippen molar-refractivity contribution in [2.75, 3.05) is 25.6 Å². The Kier molecular flexibility index (Phi) is 8.07. The van der Waals surface area contributed by atoms with Crippen LogP contribution in [0.25, 0.3) is 0 Å². The second-order valence-corrected chi connectivity index (χ2v) is 6.82. The highest BCUT2D eigenvalue weighted by molar-refractivity contribution is 6.30. The van der Waals surface area contributed by atoms with Crippen LogP contribution in [0.5, 0.6) is 11.5 Å². The molecule has 150 valence electrons. The van der Waals surface area contributed by atoms with Gasteiger partial charge in [-0.15, -0.1) is 0 Å². The van der Waals surface area contributed by atoms with Gasteiger partial charge in [-0.25, -0.2) is 9.78 Å². The number of amides is 1. The van der Waals surface area contributed by atoms with E-state index in [1.54, 1.807) is 24.3 Å². The van der Waals surface area contributed by atoms with Gasteiger partial charge in [0, 0.05) is 6.20 Å². The summed E-state index contributed by atoms with van der Waals surface area (Å²) in [5.41, 5.74) is 0.255. The number of esters is 1. The topological polar surface area (TPSA) is 86.8 Å². The van der Waals surface area contributed by atoms with Gasteiger partial charge in [-0.1, -0.05) is 25.4 Å². The van der Waals surface area contributed by atoms with Crippen LogP contribution >= 0.6 is 11.6 Å². The minimum absolute atomic E-state index is 0.255. The summed E-state index contributed by atoms with van der Waals surface area (Å²) in [5.74, 6) is 0.652. The molecule has 1 amide bonds. The first-order chi connectivity index (χ1) is 13.4. The number of methoxy groups -OCH3 is 1. The van der Waals surface area contributed by atoms with E-state index in [0.29, 0.717) is 34.9 Å². The largest absolute Gasteiger partial charge is 0.493 e. The number of ether oxygens (including phenoxy) is 3. The van der Waals surface area contributed by atoms with Crippen LogP contribution in [-0.4, -0.2) is 37.2 Å². The Morgan fingerprint density at radius 3 is 2.61 bits per heavy atom. The summed E-state index contributed by atoms with van der Waals surface area (Å²) < 4.78 is 16.0. The molecule has 7 nitrogen and oxygen atoms in total. The Labute approximate surface area is 169 Å². The number of rotatable bonds is 9. The van der Waals surface area contributed by atoms with Crippen molar-refractivity contribution in [3.63, 3.8) is 0 Å². The molecule has 28 heavy (non-hydrogen) atoms. The van der Waals surface area contributed by atoms with E-state index in [1.807, 2.05) is 0 Å². The average Bonchev–Trinajstić information content (AvgIpc) is 2.67. The van der Waals surface area contributed by atoms with Gasteiger partial charge in [0.25, 0.3) is 5.91 Å². The highest BCUT2D eigenvalue weighted by Gasteiger charge is 2.14. The highest BCUT2D eigenvalue weighted by Crippen LogP contribution is 2.28. The maximum Gasteiger partial charge on any atom is 0.338 e. The normalized spacial score (nSPS) is 10.5. The number of carbonyl (C=O) groups excluding carboxylic acids is 2. The number of pyridine rings is 1. The third kappa shape index (κ3) is 6.74.